The fraction of sp³-hybridized carbons (Fsp3) is 0.0370. The molecule has 2 unspecified atom stereocenters. The molecule has 13 rings (SSSR count). The van der Waals surface area contributed by atoms with Crippen LogP contribution in [0, 0.1) is 0 Å². The number of rotatable bonds is 4. The fourth-order valence-electron chi connectivity index (χ4n) is 9.87. The lowest BCUT2D eigenvalue weighted by Crippen LogP contribution is -2.28. The fourth-order valence-corrected chi connectivity index (χ4v) is 9.87. The predicted molar refractivity (Wildman–Crippen MR) is 239 cm³/mol. The lowest BCUT2D eigenvalue weighted by molar-refractivity contribution is 0.668. The summed E-state index contributed by atoms with van der Waals surface area (Å²) in [5.74, 6) is 0.221. The van der Waals surface area contributed by atoms with Crippen molar-refractivity contribution >= 4 is 82.6 Å². The summed E-state index contributed by atoms with van der Waals surface area (Å²) in [6.07, 6.45) is 7.20. The molecule has 8 aromatic carbocycles. The quantitative estimate of drug-likeness (QED) is 0.180. The largest absolute Gasteiger partial charge is 0.456 e. The molecule has 272 valence electrons. The van der Waals surface area contributed by atoms with Gasteiger partial charge < -0.3 is 18.3 Å². The van der Waals surface area contributed by atoms with E-state index in [1.165, 1.54) is 61.0 Å². The van der Waals surface area contributed by atoms with Gasteiger partial charge in [-0.1, -0.05) is 115 Å². The van der Waals surface area contributed by atoms with Crippen LogP contribution in [0.1, 0.15) is 17.0 Å². The number of nitrogens with zero attached hydrogens (tertiary/aromatic N) is 2. The second kappa shape index (κ2) is 12.0. The van der Waals surface area contributed by atoms with Gasteiger partial charge in [0, 0.05) is 55.3 Å². The van der Waals surface area contributed by atoms with Crippen LogP contribution in [-0.2, 0) is 0 Å². The number of fused-ring (bicyclic) bond motifs is 12. The Kier molecular flexibility index (Phi) is 6.53. The van der Waals surface area contributed by atoms with E-state index in [1.807, 2.05) is 24.3 Å². The molecule has 1 aliphatic carbocycles. The summed E-state index contributed by atoms with van der Waals surface area (Å²) in [5, 5.41) is 7.03. The highest BCUT2D eigenvalue weighted by molar-refractivity contribution is 6.12. The molecule has 2 atom stereocenters. The maximum Gasteiger partial charge on any atom is 0.135 e. The Morgan fingerprint density at radius 2 is 1.03 bits per heavy atom. The zero-order chi connectivity index (χ0) is 37.9. The minimum Gasteiger partial charge on any atom is -0.456 e. The van der Waals surface area contributed by atoms with Crippen molar-refractivity contribution in [2.45, 2.75) is 12.0 Å². The van der Waals surface area contributed by atoms with Gasteiger partial charge in [0.25, 0.3) is 0 Å². The summed E-state index contributed by atoms with van der Waals surface area (Å²) in [4.78, 5) is 2.50. The topological polar surface area (TPSA) is 34.5 Å². The van der Waals surface area contributed by atoms with Crippen LogP contribution in [0.25, 0.3) is 88.1 Å². The van der Waals surface area contributed by atoms with Gasteiger partial charge in [0.15, 0.2) is 0 Å². The molecule has 11 aromatic rings. The predicted octanol–water partition coefficient (Wildman–Crippen LogP) is 14.5. The number of anilines is 2. The van der Waals surface area contributed by atoms with Crippen molar-refractivity contribution in [3.8, 4) is 16.8 Å². The summed E-state index contributed by atoms with van der Waals surface area (Å²) >= 11 is 0. The molecular formula is C54H34N2O2. The third kappa shape index (κ3) is 4.57. The van der Waals surface area contributed by atoms with E-state index in [-0.39, 0.29) is 12.0 Å². The van der Waals surface area contributed by atoms with E-state index in [0.29, 0.717) is 0 Å². The van der Waals surface area contributed by atoms with E-state index >= 15 is 0 Å². The first-order valence-corrected chi connectivity index (χ1v) is 20.0. The summed E-state index contributed by atoms with van der Waals surface area (Å²) in [5.41, 5.74) is 15.8. The van der Waals surface area contributed by atoms with Gasteiger partial charge >= 0.3 is 0 Å². The first-order chi connectivity index (χ1) is 28.7. The lowest BCUT2D eigenvalue weighted by Gasteiger charge is -2.30. The Bertz CT molecular complexity index is 3560. The Balaban J connectivity index is 0.875. The van der Waals surface area contributed by atoms with Crippen molar-refractivity contribution in [3.05, 3.63) is 205 Å². The van der Waals surface area contributed by atoms with E-state index in [9.17, 15) is 0 Å². The van der Waals surface area contributed by atoms with Gasteiger partial charge in [0.2, 0.25) is 0 Å². The van der Waals surface area contributed by atoms with Crippen molar-refractivity contribution in [1.29, 1.82) is 0 Å². The van der Waals surface area contributed by atoms with Crippen LogP contribution in [0.2, 0.25) is 0 Å². The van der Waals surface area contributed by atoms with Gasteiger partial charge in [-0.25, -0.2) is 0 Å². The number of allylic oxidation sites excluding steroid dienone is 2. The van der Waals surface area contributed by atoms with Crippen molar-refractivity contribution in [1.82, 2.24) is 4.57 Å². The molecule has 0 N–H and O–H groups in total. The van der Waals surface area contributed by atoms with Crippen LogP contribution in [-0.4, -0.2) is 10.6 Å². The third-order valence-corrected chi connectivity index (χ3v) is 12.5. The van der Waals surface area contributed by atoms with E-state index in [0.717, 1.165) is 49.6 Å². The van der Waals surface area contributed by atoms with Gasteiger partial charge in [-0.05, 0) is 107 Å². The molecule has 4 heterocycles. The smallest absolute Gasteiger partial charge is 0.135 e. The molecule has 0 saturated carbocycles. The molecule has 58 heavy (non-hydrogen) atoms. The summed E-state index contributed by atoms with van der Waals surface area (Å²) in [6.45, 7) is 0. The molecular weight excluding hydrogens is 709 g/mol. The Morgan fingerprint density at radius 1 is 0.414 bits per heavy atom. The van der Waals surface area contributed by atoms with E-state index in [4.69, 9.17) is 8.83 Å². The van der Waals surface area contributed by atoms with Gasteiger partial charge in [0.05, 0.1) is 17.1 Å². The molecule has 0 fully saturated rings. The molecule has 3 aromatic heterocycles. The first kappa shape index (κ1) is 31.6. The van der Waals surface area contributed by atoms with Crippen molar-refractivity contribution in [2.24, 2.45) is 0 Å². The molecule has 0 bridgehead atoms. The second-order valence-electron chi connectivity index (χ2n) is 15.6. The monoisotopic (exact) mass is 742 g/mol. The molecule has 4 heteroatoms. The Labute approximate surface area is 333 Å². The van der Waals surface area contributed by atoms with Crippen LogP contribution in [0.15, 0.2) is 203 Å². The summed E-state index contributed by atoms with van der Waals surface area (Å²) < 4.78 is 14.8. The number of hydrogen-bond acceptors (Lipinski definition) is 3. The number of furan rings is 2. The van der Waals surface area contributed by atoms with Gasteiger partial charge in [0.1, 0.15) is 22.3 Å². The highest BCUT2D eigenvalue weighted by Crippen LogP contribution is 2.50. The highest BCUT2D eigenvalue weighted by Gasteiger charge is 2.38. The van der Waals surface area contributed by atoms with Gasteiger partial charge in [-0.15, -0.1) is 0 Å². The zero-order valence-corrected chi connectivity index (χ0v) is 31.3. The van der Waals surface area contributed by atoms with Gasteiger partial charge in [-0.2, -0.15) is 0 Å². The number of para-hydroxylation sites is 4. The van der Waals surface area contributed by atoms with Crippen LogP contribution in [0.4, 0.5) is 11.4 Å². The van der Waals surface area contributed by atoms with Crippen LogP contribution in [0.5, 0.6) is 0 Å². The third-order valence-electron chi connectivity index (χ3n) is 12.5. The maximum atomic E-state index is 6.19. The average molecular weight is 743 g/mol. The summed E-state index contributed by atoms with van der Waals surface area (Å²) in [6, 6.07) is 63.5. The molecule has 0 radical (unpaired) electrons. The van der Waals surface area contributed by atoms with E-state index in [2.05, 4.69) is 179 Å². The molecule has 2 aliphatic rings. The molecule has 4 nitrogen and oxygen atoms in total. The normalized spacial score (nSPS) is 16.3. The van der Waals surface area contributed by atoms with Crippen molar-refractivity contribution < 1.29 is 8.83 Å². The standard InChI is InChI=1S/C54H34N2O2/c1-5-16-47-39(12-1)43-29-35(20-24-49(43)55(47)37-22-26-53-45(31-37)41-14-3-7-18-51(41)57-53)33-10-9-11-34(28-33)36-21-25-50-44(30-36)40-13-2-6-17-48(40)56(50)38-23-27-54-46(32-38)42-15-4-8-19-52(42)58-54/h1-32,43,49H. The van der Waals surface area contributed by atoms with Crippen LogP contribution in [0.3, 0.4) is 0 Å². The van der Waals surface area contributed by atoms with Crippen molar-refractivity contribution in [3.63, 3.8) is 0 Å². The van der Waals surface area contributed by atoms with E-state index < -0.39 is 0 Å². The number of aromatic nitrogens is 1. The average Bonchev–Trinajstić information content (AvgIpc) is 4.03. The van der Waals surface area contributed by atoms with Crippen LogP contribution >= 0.6 is 0 Å². The number of benzene rings is 8. The SMILES string of the molecule is C1=CC2C(C=C1c1cccc(-c3ccc4c(c3)c3ccccc3n4-c3ccc4oc5ccccc5c4c3)c1)c1ccccc1N2c1ccc2oc3ccccc3c2c1. The lowest BCUT2D eigenvalue weighted by atomic mass is 9.85. The molecule has 0 saturated heterocycles. The minimum atomic E-state index is 0.174. The zero-order valence-electron chi connectivity index (χ0n) is 31.3. The maximum absolute atomic E-state index is 6.19. The number of hydrogen-bond donors (Lipinski definition) is 0. The van der Waals surface area contributed by atoms with Gasteiger partial charge in [-0.3, -0.25) is 0 Å². The molecule has 1 aliphatic heterocycles. The van der Waals surface area contributed by atoms with Crippen LogP contribution < -0.4 is 4.90 Å². The minimum absolute atomic E-state index is 0.174. The first-order valence-electron chi connectivity index (χ1n) is 20.0. The summed E-state index contributed by atoms with van der Waals surface area (Å²) in [7, 11) is 0. The second-order valence-corrected chi connectivity index (χ2v) is 15.6. The Morgan fingerprint density at radius 3 is 1.84 bits per heavy atom. The molecule has 0 spiro atoms. The Hall–Kier alpha value is -7.56. The van der Waals surface area contributed by atoms with E-state index in [1.54, 1.807) is 0 Å². The molecule has 0 amide bonds. The van der Waals surface area contributed by atoms with Crippen molar-refractivity contribution in [2.75, 3.05) is 4.90 Å². The highest BCUT2D eigenvalue weighted by atomic mass is 16.3.